The number of piperidine rings is 1. The summed E-state index contributed by atoms with van der Waals surface area (Å²) in [5.41, 5.74) is 5.50. The van der Waals surface area contributed by atoms with E-state index in [1.54, 1.807) is 0 Å². The van der Waals surface area contributed by atoms with Crippen LogP contribution in [0, 0.1) is 11.3 Å². The van der Waals surface area contributed by atoms with Crippen molar-refractivity contribution in [2.45, 2.75) is 50.8 Å². The number of rotatable bonds is 3. The molecule has 3 atom stereocenters. The molecule has 0 aliphatic carbocycles. The molecular weight excluding hydrogens is 190 g/mol. The molecule has 2 rings (SSSR count). The Bertz CT molecular complexity index is 242. The van der Waals surface area contributed by atoms with E-state index in [-0.39, 0.29) is 17.9 Å². The number of nitrogens with zero attached hydrogens (tertiary/aromatic N) is 1. The topological polar surface area (TPSA) is 73.3 Å². The summed E-state index contributed by atoms with van der Waals surface area (Å²) in [5.74, 6) is 0.420. The Kier molecular flexibility index (Phi) is 2.98. The highest BCUT2D eigenvalue weighted by molar-refractivity contribution is 5.79. The molecule has 86 valence electrons. The van der Waals surface area contributed by atoms with Crippen LogP contribution in [0.1, 0.15) is 32.6 Å². The van der Waals surface area contributed by atoms with Gasteiger partial charge in [0, 0.05) is 24.5 Å². The van der Waals surface area contributed by atoms with Crippen molar-refractivity contribution in [3.05, 3.63) is 0 Å². The lowest BCUT2D eigenvalue weighted by Crippen LogP contribution is -2.47. The first-order valence-corrected chi connectivity index (χ1v) is 5.85. The molecule has 4 heteroatoms. The van der Waals surface area contributed by atoms with Crippen LogP contribution in [0.3, 0.4) is 0 Å². The predicted molar refractivity (Wildman–Crippen MR) is 59.8 cm³/mol. The normalized spacial score (nSPS) is 37.9. The van der Waals surface area contributed by atoms with E-state index < -0.39 is 0 Å². The molecule has 2 heterocycles. The predicted octanol–water partition coefficient (Wildman–Crippen LogP) is 0.546. The van der Waals surface area contributed by atoms with Gasteiger partial charge in [-0.2, -0.15) is 0 Å². The number of aliphatic hydroxyl groups excluding tert-OH is 1. The van der Waals surface area contributed by atoms with Gasteiger partial charge in [0.05, 0.1) is 11.9 Å². The van der Waals surface area contributed by atoms with Crippen LogP contribution < -0.4 is 5.73 Å². The van der Waals surface area contributed by atoms with Crippen molar-refractivity contribution >= 4 is 5.84 Å². The minimum Gasteiger partial charge on any atom is -0.393 e. The first-order valence-electron chi connectivity index (χ1n) is 5.85. The van der Waals surface area contributed by atoms with Gasteiger partial charge in [0.25, 0.3) is 0 Å². The number of nitrogens with one attached hydrogen (secondary N) is 1. The molecule has 0 aromatic rings. The molecule has 2 bridgehead atoms. The molecular formula is C11H21N3O. The van der Waals surface area contributed by atoms with Gasteiger partial charge in [0.15, 0.2) is 0 Å². The Morgan fingerprint density at radius 3 is 2.47 bits per heavy atom. The number of amidine groups is 1. The van der Waals surface area contributed by atoms with Gasteiger partial charge in [-0.3, -0.25) is 10.3 Å². The maximum atomic E-state index is 9.66. The Morgan fingerprint density at radius 2 is 2.00 bits per heavy atom. The SMILES string of the molecule is CC(CN1C2CCC1CC(O)C2)C(=N)N. The van der Waals surface area contributed by atoms with Crippen LogP contribution in [0.15, 0.2) is 0 Å². The van der Waals surface area contributed by atoms with Crippen LogP contribution in [0.4, 0.5) is 0 Å². The van der Waals surface area contributed by atoms with Gasteiger partial charge in [-0.25, -0.2) is 0 Å². The molecule has 3 unspecified atom stereocenters. The maximum Gasteiger partial charge on any atom is 0.0947 e. The molecule has 0 aromatic carbocycles. The van der Waals surface area contributed by atoms with Crippen molar-refractivity contribution < 1.29 is 5.11 Å². The van der Waals surface area contributed by atoms with Crippen LogP contribution in [0.2, 0.25) is 0 Å². The average Bonchev–Trinajstić information content (AvgIpc) is 2.42. The lowest BCUT2D eigenvalue weighted by molar-refractivity contribution is 0.0322. The monoisotopic (exact) mass is 211 g/mol. The maximum absolute atomic E-state index is 9.66. The van der Waals surface area contributed by atoms with Gasteiger partial charge in [0.2, 0.25) is 0 Å². The number of aliphatic hydroxyl groups is 1. The Balaban J connectivity index is 1.96. The standard InChI is InChI=1S/C11H21N3O/c1-7(11(12)13)6-14-8-2-3-9(14)5-10(15)4-8/h7-10,15H,2-6H2,1H3,(H3,12,13). The van der Waals surface area contributed by atoms with Crippen molar-refractivity contribution in [2.75, 3.05) is 6.54 Å². The third kappa shape index (κ3) is 2.16. The Morgan fingerprint density at radius 1 is 1.47 bits per heavy atom. The number of nitrogens with two attached hydrogens (primary N) is 1. The van der Waals surface area contributed by atoms with E-state index in [0.717, 1.165) is 19.4 Å². The lowest BCUT2D eigenvalue weighted by atomic mass is 9.98. The number of hydrogen-bond donors (Lipinski definition) is 3. The second-order valence-electron chi connectivity index (χ2n) is 5.06. The zero-order valence-electron chi connectivity index (χ0n) is 9.32. The van der Waals surface area contributed by atoms with Crippen LogP contribution in [0.25, 0.3) is 0 Å². The minimum absolute atomic E-state index is 0.105. The molecule has 0 spiro atoms. The zero-order valence-corrected chi connectivity index (χ0v) is 9.32. The molecule has 0 radical (unpaired) electrons. The van der Waals surface area contributed by atoms with Crippen LogP contribution in [-0.2, 0) is 0 Å². The first kappa shape index (κ1) is 10.9. The fourth-order valence-corrected chi connectivity index (χ4v) is 2.96. The highest BCUT2D eigenvalue weighted by atomic mass is 16.3. The smallest absolute Gasteiger partial charge is 0.0947 e. The first-order chi connectivity index (χ1) is 7.08. The highest BCUT2D eigenvalue weighted by Gasteiger charge is 2.40. The molecule has 0 amide bonds. The van der Waals surface area contributed by atoms with Crippen molar-refractivity contribution in [2.24, 2.45) is 11.7 Å². The molecule has 0 aromatic heterocycles. The van der Waals surface area contributed by atoms with Gasteiger partial charge >= 0.3 is 0 Å². The highest BCUT2D eigenvalue weighted by Crippen LogP contribution is 2.35. The Labute approximate surface area is 91.0 Å². The Hall–Kier alpha value is -0.610. The van der Waals surface area contributed by atoms with E-state index in [1.807, 2.05) is 6.92 Å². The summed E-state index contributed by atoms with van der Waals surface area (Å²) >= 11 is 0. The summed E-state index contributed by atoms with van der Waals surface area (Å²) < 4.78 is 0. The van der Waals surface area contributed by atoms with E-state index in [9.17, 15) is 5.11 Å². The quantitative estimate of drug-likeness (QED) is 0.471. The van der Waals surface area contributed by atoms with Gasteiger partial charge in [-0.15, -0.1) is 0 Å². The third-order valence-corrected chi connectivity index (χ3v) is 3.88. The summed E-state index contributed by atoms with van der Waals surface area (Å²) in [6.07, 6.45) is 4.10. The number of fused-ring (bicyclic) bond motifs is 2. The molecule has 4 nitrogen and oxygen atoms in total. The minimum atomic E-state index is -0.105. The molecule has 2 aliphatic rings. The van der Waals surface area contributed by atoms with Gasteiger partial charge < -0.3 is 10.8 Å². The molecule has 4 N–H and O–H groups in total. The summed E-state index contributed by atoms with van der Waals surface area (Å²) in [6.45, 7) is 2.89. The molecule has 15 heavy (non-hydrogen) atoms. The second-order valence-corrected chi connectivity index (χ2v) is 5.06. The van der Waals surface area contributed by atoms with E-state index in [2.05, 4.69) is 4.90 Å². The fourth-order valence-electron chi connectivity index (χ4n) is 2.96. The van der Waals surface area contributed by atoms with Gasteiger partial charge in [0.1, 0.15) is 0 Å². The lowest BCUT2D eigenvalue weighted by Gasteiger charge is -2.38. The van der Waals surface area contributed by atoms with Gasteiger partial charge in [-0.05, 0) is 25.7 Å². The van der Waals surface area contributed by atoms with Crippen molar-refractivity contribution in [3.63, 3.8) is 0 Å². The third-order valence-electron chi connectivity index (χ3n) is 3.88. The summed E-state index contributed by atoms with van der Waals surface area (Å²) in [4.78, 5) is 2.46. The van der Waals surface area contributed by atoms with Crippen molar-refractivity contribution in [1.82, 2.24) is 4.90 Å². The van der Waals surface area contributed by atoms with E-state index in [1.165, 1.54) is 12.8 Å². The summed E-state index contributed by atoms with van der Waals surface area (Å²) in [6, 6.07) is 1.06. The molecule has 2 aliphatic heterocycles. The van der Waals surface area contributed by atoms with Crippen LogP contribution >= 0.6 is 0 Å². The summed E-state index contributed by atoms with van der Waals surface area (Å²) in [5, 5.41) is 17.1. The number of hydrogen-bond acceptors (Lipinski definition) is 3. The molecule has 2 saturated heterocycles. The largest absolute Gasteiger partial charge is 0.393 e. The van der Waals surface area contributed by atoms with E-state index in [0.29, 0.717) is 12.1 Å². The zero-order chi connectivity index (χ0) is 11.0. The van der Waals surface area contributed by atoms with Crippen molar-refractivity contribution in [3.8, 4) is 0 Å². The van der Waals surface area contributed by atoms with Crippen LogP contribution in [0.5, 0.6) is 0 Å². The van der Waals surface area contributed by atoms with E-state index in [4.69, 9.17) is 11.1 Å². The fraction of sp³-hybridized carbons (Fsp3) is 0.909. The van der Waals surface area contributed by atoms with E-state index >= 15 is 0 Å². The summed E-state index contributed by atoms with van der Waals surface area (Å²) in [7, 11) is 0. The van der Waals surface area contributed by atoms with Gasteiger partial charge in [-0.1, -0.05) is 6.92 Å². The van der Waals surface area contributed by atoms with Crippen molar-refractivity contribution in [1.29, 1.82) is 5.41 Å². The average molecular weight is 211 g/mol. The molecule has 0 saturated carbocycles. The second kappa shape index (κ2) is 4.10. The van der Waals surface area contributed by atoms with Crippen LogP contribution in [-0.4, -0.2) is 40.6 Å². The molecule has 2 fully saturated rings.